The highest BCUT2D eigenvalue weighted by Gasteiger charge is 2.30. The van der Waals surface area contributed by atoms with E-state index in [9.17, 15) is 18.0 Å². The molecule has 1 amide bonds. The van der Waals surface area contributed by atoms with E-state index in [0.717, 1.165) is 23.8 Å². The van der Waals surface area contributed by atoms with Crippen molar-refractivity contribution in [1.29, 1.82) is 0 Å². The normalized spacial score (nSPS) is 14.7. The Kier molecular flexibility index (Phi) is 5.67. The van der Waals surface area contributed by atoms with Crippen LogP contribution in [0.1, 0.15) is 17.0 Å². The number of carbonyl (C=O) groups excluding carboxylic acids is 1. The van der Waals surface area contributed by atoms with Crippen LogP contribution in [-0.4, -0.2) is 51.5 Å². The van der Waals surface area contributed by atoms with Gasteiger partial charge in [-0.1, -0.05) is 12.1 Å². The number of rotatable bonds is 4. The summed E-state index contributed by atoms with van der Waals surface area (Å²) >= 11 is 0. The van der Waals surface area contributed by atoms with E-state index < -0.39 is 11.7 Å². The standard InChI is InChI=1S/C22H22F3N5O/c1-16-26-19(28-8-2-3-9-28)15-20(27-16)29-10-12-30(13-11-29)21(31)14-17-4-6-18(7-5-17)22(23,24)25/h2-9,15H,10-14H2,1H3. The Balaban J connectivity index is 1.37. The molecule has 9 heteroatoms. The summed E-state index contributed by atoms with van der Waals surface area (Å²) in [7, 11) is 0. The van der Waals surface area contributed by atoms with Gasteiger partial charge in [0.05, 0.1) is 12.0 Å². The topological polar surface area (TPSA) is 54.3 Å². The summed E-state index contributed by atoms with van der Waals surface area (Å²) in [6.45, 7) is 4.16. The van der Waals surface area contributed by atoms with Crippen molar-refractivity contribution in [2.75, 3.05) is 31.1 Å². The lowest BCUT2D eigenvalue weighted by Crippen LogP contribution is -2.49. The first kappa shape index (κ1) is 20.9. The predicted molar refractivity (Wildman–Crippen MR) is 110 cm³/mol. The minimum Gasteiger partial charge on any atom is -0.353 e. The number of aromatic nitrogens is 3. The molecule has 0 radical (unpaired) electrons. The van der Waals surface area contributed by atoms with Crippen molar-refractivity contribution >= 4 is 11.7 Å². The average molecular weight is 429 g/mol. The molecule has 0 unspecified atom stereocenters. The first-order valence-electron chi connectivity index (χ1n) is 9.97. The van der Waals surface area contributed by atoms with Crippen molar-refractivity contribution in [3.63, 3.8) is 0 Å². The first-order chi connectivity index (χ1) is 14.8. The van der Waals surface area contributed by atoms with Gasteiger partial charge >= 0.3 is 6.18 Å². The summed E-state index contributed by atoms with van der Waals surface area (Å²) < 4.78 is 40.0. The van der Waals surface area contributed by atoms with Crippen LogP contribution in [0, 0.1) is 6.92 Å². The summed E-state index contributed by atoms with van der Waals surface area (Å²) in [5.41, 5.74) is -0.139. The highest BCUT2D eigenvalue weighted by Crippen LogP contribution is 2.29. The molecule has 0 aliphatic carbocycles. The van der Waals surface area contributed by atoms with Gasteiger partial charge in [-0.25, -0.2) is 9.97 Å². The van der Waals surface area contributed by atoms with Crippen molar-refractivity contribution in [2.45, 2.75) is 19.5 Å². The minimum absolute atomic E-state index is 0.0858. The molecule has 31 heavy (non-hydrogen) atoms. The number of carbonyl (C=O) groups is 1. The minimum atomic E-state index is -4.38. The fourth-order valence-corrected chi connectivity index (χ4v) is 3.60. The molecule has 0 bridgehead atoms. The molecular weight excluding hydrogens is 407 g/mol. The van der Waals surface area contributed by atoms with E-state index in [-0.39, 0.29) is 12.3 Å². The largest absolute Gasteiger partial charge is 0.416 e. The molecule has 0 saturated carbocycles. The summed E-state index contributed by atoms with van der Waals surface area (Å²) in [6, 6.07) is 10.5. The van der Waals surface area contributed by atoms with Gasteiger partial charge in [-0.2, -0.15) is 13.2 Å². The number of nitrogens with zero attached hydrogens (tertiary/aromatic N) is 5. The van der Waals surface area contributed by atoms with Crippen molar-refractivity contribution in [2.24, 2.45) is 0 Å². The van der Waals surface area contributed by atoms with Crippen molar-refractivity contribution in [1.82, 2.24) is 19.4 Å². The third kappa shape index (κ3) is 4.87. The lowest BCUT2D eigenvalue weighted by molar-refractivity contribution is -0.137. The molecule has 3 heterocycles. The van der Waals surface area contributed by atoms with Crippen LogP contribution in [0.4, 0.5) is 19.0 Å². The van der Waals surface area contributed by atoms with Crippen LogP contribution < -0.4 is 4.90 Å². The van der Waals surface area contributed by atoms with Crippen LogP contribution in [0.5, 0.6) is 0 Å². The van der Waals surface area contributed by atoms with Gasteiger partial charge in [0.25, 0.3) is 0 Å². The summed E-state index contributed by atoms with van der Waals surface area (Å²) in [5.74, 6) is 2.17. The van der Waals surface area contributed by atoms with E-state index in [1.165, 1.54) is 12.1 Å². The van der Waals surface area contributed by atoms with E-state index in [2.05, 4.69) is 14.9 Å². The lowest BCUT2D eigenvalue weighted by Gasteiger charge is -2.35. The zero-order valence-corrected chi connectivity index (χ0v) is 17.0. The molecule has 1 aliphatic rings. The maximum absolute atomic E-state index is 12.7. The van der Waals surface area contributed by atoms with Gasteiger partial charge in [-0.05, 0) is 36.8 Å². The molecule has 0 spiro atoms. The number of halogens is 3. The van der Waals surface area contributed by atoms with Crippen molar-refractivity contribution in [3.05, 3.63) is 71.8 Å². The van der Waals surface area contributed by atoms with E-state index in [0.29, 0.717) is 37.6 Å². The zero-order chi connectivity index (χ0) is 22.0. The molecule has 1 saturated heterocycles. The van der Waals surface area contributed by atoms with Crippen LogP contribution in [0.3, 0.4) is 0 Å². The van der Waals surface area contributed by atoms with E-state index in [4.69, 9.17) is 0 Å². The van der Waals surface area contributed by atoms with Gasteiger partial charge < -0.3 is 14.4 Å². The lowest BCUT2D eigenvalue weighted by atomic mass is 10.1. The van der Waals surface area contributed by atoms with E-state index >= 15 is 0 Å². The highest BCUT2D eigenvalue weighted by atomic mass is 19.4. The van der Waals surface area contributed by atoms with Gasteiger partial charge in [0.1, 0.15) is 17.5 Å². The number of piperazine rings is 1. The first-order valence-corrected chi connectivity index (χ1v) is 9.97. The molecule has 6 nitrogen and oxygen atoms in total. The number of anilines is 1. The number of hydrogen-bond acceptors (Lipinski definition) is 4. The molecule has 3 aromatic rings. The molecule has 1 aromatic carbocycles. The van der Waals surface area contributed by atoms with Gasteiger partial charge in [-0.3, -0.25) is 4.79 Å². The number of hydrogen-bond donors (Lipinski definition) is 0. The average Bonchev–Trinajstić information content (AvgIpc) is 3.28. The molecular formula is C22H22F3N5O. The van der Waals surface area contributed by atoms with Gasteiger partial charge in [0.2, 0.25) is 5.91 Å². The van der Waals surface area contributed by atoms with Crippen LogP contribution in [0.25, 0.3) is 5.82 Å². The number of aryl methyl sites for hydroxylation is 1. The van der Waals surface area contributed by atoms with Gasteiger partial charge in [-0.15, -0.1) is 0 Å². The molecule has 0 atom stereocenters. The Labute approximate surface area is 177 Å². The SMILES string of the molecule is Cc1nc(N2CCN(C(=O)Cc3ccc(C(F)(F)F)cc3)CC2)cc(-n2cccc2)n1. The predicted octanol–water partition coefficient (Wildman–Crippen LogP) is 3.49. The van der Waals surface area contributed by atoms with Gasteiger partial charge in [0, 0.05) is 44.6 Å². The van der Waals surface area contributed by atoms with Crippen LogP contribution in [0.2, 0.25) is 0 Å². The Morgan fingerprint density at radius 3 is 2.19 bits per heavy atom. The maximum atomic E-state index is 12.7. The smallest absolute Gasteiger partial charge is 0.353 e. The number of alkyl halides is 3. The summed E-state index contributed by atoms with van der Waals surface area (Å²) in [5, 5.41) is 0. The quantitative estimate of drug-likeness (QED) is 0.637. The van der Waals surface area contributed by atoms with Crippen LogP contribution in [0.15, 0.2) is 54.9 Å². The zero-order valence-electron chi connectivity index (χ0n) is 17.0. The van der Waals surface area contributed by atoms with Crippen molar-refractivity contribution < 1.29 is 18.0 Å². The Bertz CT molecular complexity index is 1040. The fraction of sp³-hybridized carbons (Fsp3) is 0.318. The molecule has 0 N–H and O–H groups in total. The van der Waals surface area contributed by atoms with E-state index in [1.807, 2.05) is 42.1 Å². The third-order valence-electron chi connectivity index (χ3n) is 5.27. The molecule has 1 aliphatic heterocycles. The molecule has 2 aromatic heterocycles. The third-order valence-corrected chi connectivity index (χ3v) is 5.27. The highest BCUT2D eigenvalue weighted by molar-refractivity contribution is 5.79. The molecule has 4 rings (SSSR count). The second-order valence-electron chi connectivity index (χ2n) is 7.46. The molecule has 1 fully saturated rings. The van der Waals surface area contributed by atoms with Crippen LogP contribution in [-0.2, 0) is 17.4 Å². The summed E-state index contributed by atoms with van der Waals surface area (Å²) in [4.78, 5) is 25.5. The van der Waals surface area contributed by atoms with Gasteiger partial charge in [0.15, 0.2) is 0 Å². The fourth-order valence-electron chi connectivity index (χ4n) is 3.60. The maximum Gasteiger partial charge on any atom is 0.416 e. The van der Waals surface area contributed by atoms with E-state index in [1.54, 1.807) is 4.90 Å². The summed E-state index contributed by atoms with van der Waals surface area (Å²) in [6.07, 6.45) is -0.450. The molecule has 162 valence electrons. The second-order valence-corrected chi connectivity index (χ2v) is 7.46. The Morgan fingerprint density at radius 1 is 0.968 bits per heavy atom. The monoisotopic (exact) mass is 429 g/mol. The number of amides is 1. The van der Waals surface area contributed by atoms with Crippen molar-refractivity contribution in [3.8, 4) is 5.82 Å². The van der Waals surface area contributed by atoms with Crippen LogP contribution >= 0.6 is 0 Å². The Morgan fingerprint density at radius 2 is 1.58 bits per heavy atom. The Hall–Kier alpha value is -3.36. The second kappa shape index (κ2) is 8.41. The number of benzene rings is 1.